The largest absolute Gasteiger partial charge is 0.364 e. The summed E-state index contributed by atoms with van der Waals surface area (Å²) in [6.07, 6.45) is 1.38. The molecular weight excluding hydrogens is 364 g/mol. The van der Waals surface area contributed by atoms with E-state index in [-0.39, 0.29) is 23.6 Å². The third-order valence-corrected chi connectivity index (χ3v) is 5.00. The predicted octanol–water partition coefficient (Wildman–Crippen LogP) is 3.50. The summed E-state index contributed by atoms with van der Waals surface area (Å²) < 4.78 is 31.6. The molecule has 4 rings (SSSR count). The van der Waals surface area contributed by atoms with Crippen LogP contribution in [-0.2, 0) is 0 Å². The molecule has 0 saturated carbocycles. The van der Waals surface area contributed by atoms with Crippen LogP contribution in [0.3, 0.4) is 0 Å². The molecule has 0 bridgehead atoms. The standard InChI is InChI=1S/C21H19F2N3O2/c22-17-5-1-15(2-6-17)20(16-3-7-18(23)8-4-16)25-10-12-26(13-11-25)21(27)19-9-14-28-24-19/h1-9,14,20H,10-13H2. The fourth-order valence-electron chi connectivity index (χ4n) is 3.57. The van der Waals surface area contributed by atoms with Gasteiger partial charge in [0, 0.05) is 32.2 Å². The zero-order chi connectivity index (χ0) is 19.5. The van der Waals surface area contributed by atoms with Gasteiger partial charge in [0.15, 0.2) is 5.69 Å². The highest BCUT2D eigenvalue weighted by Gasteiger charge is 2.29. The molecule has 1 saturated heterocycles. The second-order valence-electron chi connectivity index (χ2n) is 6.72. The number of rotatable bonds is 4. The molecule has 1 fully saturated rings. The van der Waals surface area contributed by atoms with Gasteiger partial charge in [0.2, 0.25) is 0 Å². The Balaban J connectivity index is 1.55. The molecule has 144 valence electrons. The first kappa shape index (κ1) is 18.3. The Morgan fingerprint density at radius 1 is 0.857 bits per heavy atom. The summed E-state index contributed by atoms with van der Waals surface area (Å²) in [5.74, 6) is -0.761. The van der Waals surface area contributed by atoms with Gasteiger partial charge in [0.05, 0.1) is 6.04 Å². The normalized spacial score (nSPS) is 15.2. The van der Waals surface area contributed by atoms with Crippen LogP contribution >= 0.6 is 0 Å². The fourth-order valence-corrected chi connectivity index (χ4v) is 3.57. The summed E-state index contributed by atoms with van der Waals surface area (Å²) in [6, 6.07) is 14.1. The van der Waals surface area contributed by atoms with Gasteiger partial charge >= 0.3 is 0 Å². The van der Waals surface area contributed by atoms with Crippen molar-refractivity contribution in [2.24, 2.45) is 0 Å². The molecule has 0 atom stereocenters. The number of nitrogens with zero attached hydrogens (tertiary/aromatic N) is 3. The Labute approximate surface area is 161 Å². The van der Waals surface area contributed by atoms with Gasteiger partial charge in [-0.1, -0.05) is 29.4 Å². The number of benzene rings is 2. The van der Waals surface area contributed by atoms with E-state index in [1.54, 1.807) is 35.2 Å². The first-order valence-electron chi connectivity index (χ1n) is 9.06. The van der Waals surface area contributed by atoms with Gasteiger partial charge in [0.1, 0.15) is 17.9 Å². The van der Waals surface area contributed by atoms with Crippen molar-refractivity contribution in [3.8, 4) is 0 Å². The van der Waals surface area contributed by atoms with Crippen molar-refractivity contribution >= 4 is 5.91 Å². The quantitative estimate of drug-likeness (QED) is 0.692. The van der Waals surface area contributed by atoms with Crippen molar-refractivity contribution < 1.29 is 18.1 Å². The summed E-state index contributed by atoms with van der Waals surface area (Å²) in [5, 5.41) is 3.71. The minimum absolute atomic E-state index is 0.148. The highest BCUT2D eigenvalue weighted by molar-refractivity contribution is 5.92. The van der Waals surface area contributed by atoms with E-state index in [1.807, 2.05) is 0 Å². The minimum atomic E-state index is -0.301. The van der Waals surface area contributed by atoms with Gasteiger partial charge in [-0.3, -0.25) is 9.69 Å². The van der Waals surface area contributed by atoms with Crippen molar-refractivity contribution in [1.82, 2.24) is 15.0 Å². The van der Waals surface area contributed by atoms with E-state index < -0.39 is 0 Å². The van der Waals surface area contributed by atoms with Crippen molar-refractivity contribution in [1.29, 1.82) is 0 Å². The lowest BCUT2D eigenvalue weighted by molar-refractivity contribution is 0.0587. The van der Waals surface area contributed by atoms with Crippen LogP contribution in [0.15, 0.2) is 65.4 Å². The molecule has 1 amide bonds. The number of piperazine rings is 1. The molecule has 0 spiro atoms. The van der Waals surface area contributed by atoms with Gasteiger partial charge in [-0.05, 0) is 35.4 Å². The van der Waals surface area contributed by atoms with Crippen LogP contribution in [0.5, 0.6) is 0 Å². The number of carbonyl (C=O) groups excluding carboxylic acids is 1. The molecule has 0 radical (unpaired) electrons. The zero-order valence-corrected chi connectivity index (χ0v) is 15.1. The summed E-state index contributed by atoms with van der Waals surface area (Å²) in [7, 11) is 0. The van der Waals surface area contributed by atoms with Crippen LogP contribution in [0.1, 0.15) is 27.7 Å². The maximum atomic E-state index is 13.4. The number of carbonyl (C=O) groups is 1. The van der Waals surface area contributed by atoms with Gasteiger partial charge in [-0.25, -0.2) is 8.78 Å². The lowest BCUT2D eigenvalue weighted by atomic mass is 9.96. The Bertz CT molecular complexity index is 874. The number of aromatic nitrogens is 1. The van der Waals surface area contributed by atoms with E-state index >= 15 is 0 Å². The molecule has 0 unspecified atom stereocenters. The fraction of sp³-hybridized carbons (Fsp3) is 0.238. The van der Waals surface area contributed by atoms with Gasteiger partial charge in [-0.2, -0.15) is 0 Å². The Hall–Kier alpha value is -3.06. The van der Waals surface area contributed by atoms with E-state index in [0.717, 1.165) is 11.1 Å². The zero-order valence-electron chi connectivity index (χ0n) is 15.1. The first-order valence-corrected chi connectivity index (χ1v) is 9.06. The molecule has 3 aromatic rings. The number of amides is 1. The highest BCUT2D eigenvalue weighted by atomic mass is 19.1. The summed E-state index contributed by atoms with van der Waals surface area (Å²) in [5.41, 5.74) is 2.13. The highest BCUT2D eigenvalue weighted by Crippen LogP contribution is 2.30. The third-order valence-electron chi connectivity index (χ3n) is 5.00. The number of halogens is 2. The average Bonchev–Trinajstić information content (AvgIpc) is 3.26. The first-order chi connectivity index (χ1) is 13.6. The summed E-state index contributed by atoms with van der Waals surface area (Å²) in [4.78, 5) is 16.4. The van der Waals surface area contributed by atoms with Gasteiger partial charge in [-0.15, -0.1) is 0 Å². The predicted molar refractivity (Wildman–Crippen MR) is 98.6 cm³/mol. The molecule has 1 aliphatic heterocycles. The topological polar surface area (TPSA) is 49.6 Å². The van der Waals surface area contributed by atoms with Crippen molar-refractivity contribution in [2.45, 2.75) is 6.04 Å². The lowest BCUT2D eigenvalue weighted by Crippen LogP contribution is -2.50. The second-order valence-corrected chi connectivity index (χ2v) is 6.72. The molecule has 0 aliphatic carbocycles. The van der Waals surface area contributed by atoms with Crippen LogP contribution < -0.4 is 0 Å². The smallest absolute Gasteiger partial charge is 0.276 e. The molecule has 0 N–H and O–H groups in total. The van der Waals surface area contributed by atoms with Crippen molar-refractivity contribution in [3.05, 3.63) is 89.3 Å². The Morgan fingerprint density at radius 3 is 1.86 bits per heavy atom. The molecule has 28 heavy (non-hydrogen) atoms. The number of hydrogen-bond acceptors (Lipinski definition) is 4. The number of hydrogen-bond donors (Lipinski definition) is 0. The molecule has 2 heterocycles. The molecule has 1 aliphatic rings. The third kappa shape index (κ3) is 3.80. The van der Waals surface area contributed by atoms with Gasteiger partial charge < -0.3 is 9.42 Å². The van der Waals surface area contributed by atoms with E-state index in [0.29, 0.717) is 31.9 Å². The monoisotopic (exact) mass is 383 g/mol. The van der Waals surface area contributed by atoms with E-state index in [4.69, 9.17) is 4.52 Å². The van der Waals surface area contributed by atoms with Crippen LogP contribution in [0.25, 0.3) is 0 Å². The van der Waals surface area contributed by atoms with Crippen molar-refractivity contribution in [3.63, 3.8) is 0 Å². The van der Waals surface area contributed by atoms with E-state index in [1.165, 1.54) is 30.5 Å². The Kier molecular flexibility index (Phi) is 5.16. The van der Waals surface area contributed by atoms with Crippen LogP contribution in [0.4, 0.5) is 8.78 Å². The molecule has 7 heteroatoms. The SMILES string of the molecule is O=C(c1ccon1)N1CCN(C(c2ccc(F)cc2)c2ccc(F)cc2)CC1. The van der Waals surface area contributed by atoms with Crippen LogP contribution in [0, 0.1) is 11.6 Å². The van der Waals surface area contributed by atoms with Crippen molar-refractivity contribution in [2.75, 3.05) is 26.2 Å². The molecule has 5 nitrogen and oxygen atoms in total. The Morgan fingerprint density at radius 2 is 1.39 bits per heavy atom. The van der Waals surface area contributed by atoms with E-state index in [2.05, 4.69) is 10.1 Å². The molecular formula is C21H19F2N3O2. The summed E-state index contributed by atoms with van der Waals surface area (Å²) >= 11 is 0. The molecule has 2 aromatic carbocycles. The van der Waals surface area contributed by atoms with Crippen LogP contribution in [-0.4, -0.2) is 47.0 Å². The second kappa shape index (κ2) is 7.90. The maximum Gasteiger partial charge on any atom is 0.276 e. The van der Waals surface area contributed by atoms with E-state index in [9.17, 15) is 13.6 Å². The average molecular weight is 383 g/mol. The lowest BCUT2D eigenvalue weighted by Gasteiger charge is -2.39. The maximum absolute atomic E-state index is 13.4. The minimum Gasteiger partial charge on any atom is -0.364 e. The van der Waals surface area contributed by atoms with Crippen LogP contribution in [0.2, 0.25) is 0 Å². The van der Waals surface area contributed by atoms with Gasteiger partial charge in [0.25, 0.3) is 5.91 Å². The summed E-state index contributed by atoms with van der Waals surface area (Å²) in [6.45, 7) is 2.32. The molecule has 1 aromatic heterocycles.